The zero-order valence-electron chi connectivity index (χ0n) is 13.0. The van der Waals surface area contributed by atoms with Crippen LogP contribution in [0.2, 0.25) is 0 Å². The largest absolute Gasteiger partial charge is 0.467 e. The van der Waals surface area contributed by atoms with Gasteiger partial charge in [0.05, 0.1) is 0 Å². The normalized spacial score (nSPS) is 18.0. The van der Waals surface area contributed by atoms with E-state index in [1.54, 1.807) is 18.3 Å². The molecule has 3 aromatic heterocycles. The van der Waals surface area contributed by atoms with E-state index in [1.807, 2.05) is 11.0 Å². The van der Waals surface area contributed by atoms with Crippen molar-refractivity contribution in [2.24, 2.45) is 0 Å². The van der Waals surface area contributed by atoms with Crippen molar-refractivity contribution in [3.05, 3.63) is 36.4 Å². The third-order valence-corrected chi connectivity index (χ3v) is 4.22. The Balaban J connectivity index is 1.36. The molecule has 9 heteroatoms. The van der Waals surface area contributed by atoms with Crippen LogP contribution in [0.15, 0.2) is 30.7 Å². The second kappa shape index (κ2) is 6.26. The molecule has 1 aliphatic rings. The first-order chi connectivity index (χ1) is 11.8. The van der Waals surface area contributed by atoms with Gasteiger partial charge in [0.15, 0.2) is 12.3 Å². The highest BCUT2D eigenvalue weighted by molar-refractivity contribution is 5.77. The molecule has 24 heavy (non-hydrogen) atoms. The van der Waals surface area contributed by atoms with E-state index in [0.717, 1.165) is 25.1 Å². The van der Waals surface area contributed by atoms with Crippen molar-refractivity contribution in [3.63, 3.8) is 0 Å². The zero-order chi connectivity index (χ0) is 16.4. The molecule has 0 bridgehead atoms. The Kier molecular flexibility index (Phi) is 3.81. The molecule has 9 nitrogen and oxygen atoms in total. The average molecular weight is 327 g/mol. The van der Waals surface area contributed by atoms with Gasteiger partial charge in [-0.15, -0.1) is 15.3 Å². The van der Waals surface area contributed by atoms with E-state index in [0.29, 0.717) is 24.0 Å². The highest BCUT2D eigenvalue weighted by Crippen LogP contribution is 2.25. The number of amides is 1. The van der Waals surface area contributed by atoms with Crippen LogP contribution < -0.4 is 4.74 Å². The number of aromatic nitrogens is 6. The summed E-state index contributed by atoms with van der Waals surface area (Å²) in [6.07, 6.45) is 5.26. The van der Waals surface area contributed by atoms with Crippen molar-refractivity contribution < 1.29 is 9.53 Å². The number of fused-ring (bicyclic) bond motifs is 1. The summed E-state index contributed by atoms with van der Waals surface area (Å²) in [6, 6.07) is 5.39. The molecule has 3 aromatic rings. The molecule has 0 aromatic carbocycles. The lowest BCUT2D eigenvalue weighted by Crippen LogP contribution is -2.41. The highest BCUT2D eigenvalue weighted by atomic mass is 16.5. The monoisotopic (exact) mass is 327 g/mol. The van der Waals surface area contributed by atoms with Crippen molar-refractivity contribution in [3.8, 4) is 5.88 Å². The fourth-order valence-corrected chi connectivity index (χ4v) is 2.97. The molecule has 0 aliphatic carbocycles. The first-order valence-corrected chi connectivity index (χ1v) is 7.86. The van der Waals surface area contributed by atoms with Crippen LogP contribution >= 0.6 is 0 Å². The van der Waals surface area contributed by atoms with Crippen molar-refractivity contribution in [1.29, 1.82) is 0 Å². The summed E-state index contributed by atoms with van der Waals surface area (Å²) in [7, 11) is 0. The molecule has 4 rings (SSSR count). The van der Waals surface area contributed by atoms with E-state index >= 15 is 0 Å². The standard InChI is InChI=1S/C15H17N7O2/c23-15(9-24-14-4-3-13-19-17-10-22(13)20-14)21-7-1-2-11(8-21)12-5-6-16-18-12/h3-6,10-11H,1-2,7-9H2,(H,16,18)/t11-/m1/s1. The van der Waals surface area contributed by atoms with Crippen LogP contribution in [0.4, 0.5) is 0 Å². The van der Waals surface area contributed by atoms with Gasteiger partial charge in [0.25, 0.3) is 5.91 Å². The summed E-state index contributed by atoms with van der Waals surface area (Å²) in [5.74, 6) is 0.638. The lowest BCUT2D eigenvalue weighted by Gasteiger charge is -2.32. The molecule has 1 N–H and O–H groups in total. The summed E-state index contributed by atoms with van der Waals surface area (Å²) in [6.45, 7) is 1.41. The number of carbonyl (C=O) groups is 1. The second-order valence-corrected chi connectivity index (χ2v) is 5.78. The van der Waals surface area contributed by atoms with Gasteiger partial charge >= 0.3 is 0 Å². The maximum atomic E-state index is 12.4. The molecule has 1 fully saturated rings. The molecule has 0 spiro atoms. The summed E-state index contributed by atoms with van der Waals surface area (Å²) in [4.78, 5) is 14.3. The SMILES string of the molecule is O=C(COc1ccc2nncn2n1)N1CCC[C@@H](c2ccn[nH]2)C1. The summed E-state index contributed by atoms with van der Waals surface area (Å²) in [5.41, 5.74) is 1.71. The number of ether oxygens (including phenoxy) is 1. The van der Waals surface area contributed by atoms with Gasteiger partial charge in [-0.05, 0) is 25.0 Å². The fourth-order valence-electron chi connectivity index (χ4n) is 2.97. The number of likely N-dealkylation sites (tertiary alicyclic amines) is 1. The Labute approximate surface area is 137 Å². The van der Waals surface area contributed by atoms with Crippen LogP contribution in [-0.4, -0.2) is 60.5 Å². The van der Waals surface area contributed by atoms with Crippen molar-refractivity contribution >= 4 is 11.6 Å². The topological polar surface area (TPSA) is 101 Å². The molecule has 0 unspecified atom stereocenters. The lowest BCUT2D eigenvalue weighted by molar-refractivity contribution is -0.134. The van der Waals surface area contributed by atoms with Gasteiger partial charge in [-0.3, -0.25) is 9.89 Å². The van der Waals surface area contributed by atoms with E-state index in [2.05, 4.69) is 25.5 Å². The Morgan fingerprint density at radius 3 is 3.21 bits per heavy atom. The van der Waals surface area contributed by atoms with Crippen molar-refractivity contribution in [2.45, 2.75) is 18.8 Å². The third-order valence-electron chi connectivity index (χ3n) is 4.22. The maximum Gasteiger partial charge on any atom is 0.260 e. The van der Waals surface area contributed by atoms with Gasteiger partial charge in [0.2, 0.25) is 5.88 Å². The van der Waals surface area contributed by atoms with E-state index in [-0.39, 0.29) is 12.5 Å². The Bertz CT molecular complexity index is 829. The fraction of sp³-hybridized carbons (Fsp3) is 0.400. The molecule has 4 heterocycles. The molecular formula is C15H17N7O2. The minimum atomic E-state index is -0.0372. The molecule has 124 valence electrons. The number of nitrogens with zero attached hydrogens (tertiary/aromatic N) is 6. The average Bonchev–Trinajstić information content (AvgIpc) is 3.30. The molecule has 0 saturated carbocycles. The van der Waals surface area contributed by atoms with E-state index in [4.69, 9.17) is 4.74 Å². The predicted octanol–water partition coefficient (Wildman–Crippen LogP) is 0.632. The summed E-state index contributed by atoms with van der Waals surface area (Å²) >= 11 is 0. The van der Waals surface area contributed by atoms with Crippen molar-refractivity contribution in [1.82, 2.24) is 34.9 Å². The van der Waals surface area contributed by atoms with E-state index in [9.17, 15) is 4.79 Å². The number of piperidine rings is 1. The highest BCUT2D eigenvalue weighted by Gasteiger charge is 2.25. The third kappa shape index (κ3) is 2.92. The Morgan fingerprint density at radius 2 is 2.33 bits per heavy atom. The van der Waals surface area contributed by atoms with Crippen molar-refractivity contribution in [2.75, 3.05) is 19.7 Å². The van der Waals surface area contributed by atoms with Crippen LogP contribution in [0.3, 0.4) is 0 Å². The maximum absolute atomic E-state index is 12.4. The minimum absolute atomic E-state index is 0.0314. The first kappa shape index (κ1) is 14.6. The van der Waals surface area contributed by atoms with Gasteiger partial charge in [-0.1, -0.05) is 0 Å². The number of rotatable bonds is 4. The molecule has 1 aliphatic heterocycles. The molecule has 1 amide bonds. The van der Waals surface area contributed by atoms with Crippen LogP contribution in [0.5, 0.6) is 5.88 Å². The Morgan fingerprint density at radius 1 is 1.38 bits per heavy atom. The number of H-pyrrole nitrogens is 1. The number of nitrogens with one attached hydrogen (secondary N) is 1. The van der Waals surface area contributed by atoms with Gasteiger partial charge in [0.1, 0.15) is 6.33 Å². The number of hydrogen-bond acceptors (Lipinski definition) is 6. The second-order valence-electron chi connectivity index (χ2n) is 5.78. The number of hydrogen-bond donors (Lipinski definition) is 1. The lowest BCUT2D eigenvalue weighted by atomic mass is 9.95. The van der Waals surface area contributed by atoms with Gasteiger partial charge in [0, 0.05) is 37.0 Å². The molecule has 1 atom stereocenters. The van der Waals surface area contributed by atoms with Crippen LogP contribution in [0.25, 0.3) is 5.65 Å². The summed E-state index contributed by atoms with van der Waals surface area (Å²) in [5, 5.41) is 18.8. The predicted molar refractivity (Wildman–Crippen MR) is 83.4 cm³/mol. The van der Waals surface area contributed by atoms with Crippen LogP contribution in [0, 0.1) is 0 Å². The Hall–Kier alpha value is -2.97. The smallest absolute Gasteiger partial charge is 0.260 e. The minimum Gasteiger partial charge on any atom is -0.467 e. The summed E-state index contributed by atoms with van der Waals surface area (Å²) < 4.78 is 7.03. The van der Waals surface area contributed by atoms with Gasteiger partial charge in [-0.2, -0.15) is 9.61 Å². The van der Waals surface area contributed by atoms with Gasteiger partial charge < -0.3 is 9.64 Å². The molecule has 1 saturated heterocycles. The first-order valence-electron chi connectivity index (χ1n) is 7.86. The van der Waals surface area contributed by atoms with Crippen LogP contribution in [-0.2, 0) is 4.79 Å². The van der Waals surface area contributed by atoms with Gasteiger partial charge in [-0.25, -0.2) is 0 Å². The van der Waals surface area contributed by atoms with E-state index in [1.165, 1.54) is 10.8 Å². The number of aromatic amines is 1. The zero-order valence-corrected chi connectivity index (χ0v) is 13.0. The van der Waals surface area contributed by atoms with Crippen LogP contribution in [0.1, 0.15) is 24.5 Å². The number of carbonyl (C=O) groups excluding carboxylic acids is 1. The van der Waals surface area contributed by atoms with E-state index < -0.39 is 0 Å². The molecule has 0 radical (unpaired) electrons. The molecular weight excluding hydrogens is 310 g/mol. The quantitative estimate of drug-likeness (QED) is 0.754.